The lowest BCUT2D eigenvalue weighted by atomic mass is 9.93. The highest BCUT2D eigenvalue weighted by Gasteiger charge is 2.21. The van der Waals surface area contributed by atoms with Crippen LogP contribution in [0, 0.1) is 16.7 Å². The number of rotatable bonds is 9. The number of carbonyl (C=O) groups excluding carboxylic acids is 2. The van der Waals surface area contributed by atoms with Crippen LogP contribution in [0.4, 0.5) is 5.82 Å². The predicted molar refractivity (Wildman–Crippen MR) is 158 cm³/mol. The molecule has 0 spiro atoms. The molecule has 0 aliphatic heterocycles. The van der Waals surface area contributed by atoms with Crippen molar-refractivity contribution in [3.8, 4) is 40.0 Å². The number of phenolic OH excluding ortho intramolecular Hbond substituents is 1. The number of nitriles is 1. The lowest BCUT2D eigenvalue weighted by Gasteiger charge is -2.22. The minimum absolute atomic E-state index is 0.00984. The topological polar surface area (TPSA) is 150 Å². The second-order valence-electron chi connectivity index (χ2n) is 10.2. The fraction of sp³-hybridized carbons (Fsp3) is 0.188. The zero-order valence-electron chi connectivity index (χ0n) is 23.1. The van der Waals surface area contributed by atoms with Crippen LogP contribution < -0.4 is 21.1 Å². The van der Waals surface area contributed by atoms with E-state index in [0.717, 1.165) is 0 Å². The third kappa shape index (κ3) is 6.69. The number of hydrogen-bond donors (Lipinski definition) is 4. The van der Waals surface area contributed by atoms with Crippen molar-refractivity contribution >= 4 is 17.6 Å². The monoisotopic (exact) mass is 549 g/mol. The summed E-state index contributed by atoms with van der Waals surface area (Å²) in [5.41, 5.74) is 8.05. The van der Waals surface area contributed by atoms with Gasteiger partial charge in [0.05, 0.1) is 12.8 Å². The molecule has 208 valence electrons. The van der Waals surface area contributed by atoms with Crippen LogP contribution in [-0.4, -0.2) is 42.1 Å². The van der Waals surface area contributed by atoms with Crippen molar-refractivity contribution in [1.29, 1.82) is 5.26 Å². The molecular formula is C32H31N5O4. The van der Waals surface area contributed by atoms with Crippen molar-refractivity contribution in [2.45, 2.75) is 13.8 Å². The Morgan fingerprint density at radius 1 is 0.976 bits per heavy atom. The average molecular weight is 550 g/mol. The van der Waals surface area contributed by atoms with Crippen molar-refractivity contribution in [2.24, 2.45) is 11.1 Å². The van der Waals surface area contributed by atoms with Gasteiger partial charge in [-0.3, -0.25) is 9.59 Å². The Kier molecular flexibility index (Phi) is 8.66. The van der Waals surface area contributed by atoms with Gasteiger partial charge in [0, 0.05) is 28.8 Å². The van der Waals surface area contributed by atoms with Crippen LogP contribution in [0.25, 0.3) is 22.4 Å². The normalized spacial score (nSPS) is 10.9. The fourth-order valence-corrected chi connectivity index (χ4v) is 4.07. The maximum Gasteiger partial charge on any atom is 0.256 e. The van der Waals surface area contributed by atoms with E-state index in [9.17, 15) is 20.0 Å². The van der Waals surface area contributed by atoms with E-state index in [4.69, 9.17) is 10.5 Å². The van der Waals surface area contributed by atoms with Crippen molar-refractivity contribution in [3.05, 3.63) is 95.6 Å². The lowest BCUT2D eigenvalue weighted by molar-refractivity contribution is 0.0937. The summed E-state index contributed by atoms with van der Waals surface area (Å²) >= 11 is 0. The Bertz CT molecular complexity index is 1640. The number of pyridine rings is 1. The van der Waals surface area contributed by atoms with Gasteiger partial charge in [-0.1, -0.05) is 44.2 Å². The molecule has 0 aliphatic rings. The Hall–Kier alpha value is -5.20. The molecule has 0 bridgehead atoms. The number of para-hydroxylation sites is 1. The highest BCUT2D eigenvalue weighted by atomic mass is 16.5. The number of benzene rings is 3. The number of amides is 2. The minimum Gasteiger partial charge on any atom is -0.507 e. The number of carbonyl (C=O) groups is 2. The van der Waals surface area contributed by atoms with Crippen molar-refractivity contribution in [3.63, 3.8) is 0 Å². The van der Waals surface area contributed by atoms with Crippen LogP contribution in [0.1, 0.15) is 40.1 Å². The Morgan fingerprint density at radius 2 is 1.68 bits per heavy atom. The molecule has 0 radical (unpaired) electrons. The van der Waals surface area contributed by atoms with Crippen LogP contribution in [0.2, 0.25) is 0 Å². The number of aromatic hydroxyl groups is 1. The summed E-state index contributed by atoms with van der Waals surface area (Å²) in [6, 6.07) is 23.9. The molecule has 4 aromatic rings. The van der Waals surface area contributed by atoms with Crippen LogP contribution >= 0.6 is 0 Å². The summed E-state index contributed by atoms with van der Waals surface area (Å²) in [4.78, 5) is 30.7. The van der Waals surface area contributed by atoms with Crippen LogP contribution in [0.3, 0.4) is 0 Å². The van der Waals surface area contributed by atoms with Gasteiger partial charge < -0.3 is 26.2 Å². The molecule has 0 unspecified atom stereocenters. The van der Waals surface area contributed by atoms with Gasteiger partial charge in [0.2, 0.25) is 0 Å². The summed E-state index contributed by atoms with van der Waals surface area (Å²) in [6.45, 7) is 4.72. The van der Waals surface area contributed by atoms with E-state index in [2.05, 4.69) is 21.7 Å². The summed E-state index contributed by atoms with van der Waals surface area (Å²) in [5.74, 6) is -0.288. The van der Waals surface area contributed by atoms with Crippen molar-refractivity contribution < 1.29 is 19.4 Å². The number of aromatic nitrogens is 1. The average Bonchev–Trinajstić information content (AvgIpc) is 2.99. The first-order valence-corrected chi connectivity index (χ1v) is 12.9. The Labute approximate surface area is 238 Å². The largest absolute Gasteiger partial charge is 0.507 e. The van der Waals surface area contributed by atoms with Gasteiger partial charge in [0.1, 0.15) is 23.1 Å². The van der Waals surface area contributed by atoms with E-state index < -0.39 is 5.91 Å². The third-order valence-electron chi connectivity index (χ3n) is 6.59. The highest BCUT2D eigenvalue weighted by Crippen LogP contribution is 2.36. The third-order valence-corrected chi connectivity index (χ3v) is 6.59. The van der Waals surface area contributed by atoms with Crippen LogP contribution in [0.5, 0.6) is 11.5 Å². The number of anilines is 1. The maximum absolute atomic E-state index is 13.2. The quantitative estimate of drug-likeness (QED) is 0.230. The molecule has 9 nitrogen and oxygen atoms in total. The smallest absolute Gasteiger partial charge is 0.256 e. The summed E-state index contributed by atoms with van der Waals surface area (Å²) < 4.78 is 5.23. The van der Waals surface area contributed by atoms with E-state index in [1.807, 2.05) is 13.8 Å². The van der Waals surface area contributed by atoms with Crippen LogP contribution in [-0.2, 0) is 0 Å². The molecule has 2 amide bonds. The SMILES string of the molecule is COc1cccc(C(=O)Nc2nc(-c3ccccc3O)cc(-c3cccc(C(=O)NCC(C)(C)CN)c3)c2C#N)c1. The number of methoxy groups -OCH3 is 1. The first-order chi connectivity index (χ1) is 19.7. The fourth-order valence-electron chi connectivity index (χ4n) is 4.07. The van der Waals surface area contributed by atoms with E-state index >= 15 is 0 Å². The number of hydrogen-bond acceptors (Lipinski definition) is 7. The van der Waals surface area contributed by atoms with Gasteiger partial charge in [-0.15, -0.1) is 0 Å². The summed E-state index contributed by atoms with van der Waals surface area (Å²) in [7, 11) is 1.50. The molecule has 0 aliphatic carbocycles. The first kappa shape index (κ1) is 28.8. The first-order valence-electron chi connectivity index (χ1n) is 12.9. The minimum atomic E-state index is -0.496. The number of phenols is 1. The Balaban J connectivity index is 1.81. The molecule has 9 heteroatoms. The van der Waals surface area contributed by atoms with Gasteiger partial charge >= 0.3 is 0 Å². The molecule has 0 fully saturated rings. The molecule has 1 heterocycles. The van der Waals surface area contributed by atoms with Gasteiger partial charge in [0.25, 0.3) is 11.8 Å². The lowest BCUT2D eigenvalue weighted by Crippen LogP contribution is -2.38. The van der Waals surface area contributed by atoms with E-state index in [-0.39, 0.29) is 28.5 Å². The van der Waals surface area contributed by atoms with Gasteiger partial charge in [-0.05, 0) is 66.1 Å². The number of nitrogens with zero attached hydrogens (tertiary/aromatic N) is 2. The molecule has 3 aromatic carbocycles. The number of nitrogens with two attached hydrogens (primary N) is 1. The maximum atomic E-state index is 13.2. The molecule has 5 N–H and O–H groups in total. The van der Waals surface area contributed by atoms with Gasteiger partial charge in [-0.2, -0.15) is 5.26 Å². The molecular weight excluding hydrogens is 518 g/mol. The molecule has 0 saturated carbocycles. The summed E-state index contributed by atoms with van der Waals surface area (Å²) in [6.07, 6.45) is 0. The molecule has 0 atom stereocenters. The number of nitrogens with one attached hydrogen (secondary N) is 2. The molecule has 4 rings (SSSR count). The zero-order valence-corrected chi connectivity index (χ0v) is 23.1. The van der Waals surface area contributed by atoms with Gasteiger partial charge in [-0.25, -0.2) is 4.98 Å². The van der Waals surface area contributed by atoms with E-state index in [0.29, 0.717) is 52.4 Å². The van der Waals surface area contributed by atoms with E-state index in [1.165, 1.54) is 13.2 Å². The van der Waals surface area contributed by atoms with Crippen molar-refractivity contribution in [1.82, 2.24) is 10.3 Å². The Morgan fingerprint density at radius 3 is 2.37 bits per heavy atom. The second kappa shape index (κ2) is 12.3. The predicted octanol–water partition coefficient (Wildman–Crippen LogP) is 4.97. The molecule has 1 aromatic heterocycles. The molecule has 0 saturated heterocycles. The zero-order chi connectivity index (χ0) is 29.6. The second-order valence-corrected chi connectivity index (χ2v) is 10.2. The van der Waals surface area contributed by atoms with Crippen molar-refractivity contribution in [2.75, 3.05) is 25.5 Å². The summed E-state index contributed by atoms with van der Waals surface area (Å²) in [5, 5.41) is 26.4. The van der Waals surface area contributed by atoms with E-state index in [1.54, 1.807) is 72.8 Å². The molecule has 41 heavy (non-hydrogen) atoms. The number of ether oxygens (including phenoxy) is 1. The van der Waals surface area contributed by atoms with Crippen LogP contribution in [0.15, 0.2) is 78.9 Å². The highest BCUT2D eigenvalue weighted by molar-refractivity contribution is 6.05. The standard InChI is InChI=1S/C32H31N5O4/c1-32(2,18-34)19-35-30(39)21-9-6-8-20(14-21)25-16-27(24-12-4-5-13-28(24)38)36-29(26(25)17-33)37-31(40)22-10-7-11-23(15-22)41-3/h4-16,38H,18-19,34H2,1-3H3,(H,35,39)(H,36,37,40). The van der Waals surface area contributed by atoms with Gasteiger partial charge in [0.15, 0.2) is 5.82 Å².